The standard InChI is InChI=1S/C31H43F2NO6SSi/c1-22-12-13-28(23-10-8-7-9-11-23)41(36,37)34(22)18-24-16-27(33)25(17-26(24)32)31(29(35)38-3)19-30(2,20-31)40-21-39-14-15-42(4,5)6/h7-11,16-17,22,28H,12-15,18-21H2,1-6H3/q-1/t22-,28+,30?,31?/m0/s1. The minimum absolute atomic E-state index is 0.0421. The van der Waals surface area contributed by atoms with Gasteiger partial charge in [-0.3, -0.25) is 4.79 Å². The Morgan fingerprint density at radius 1 is 1.07 bits per heavy atom. The van der Waals surface area contributed by atoms with Crippen LogP contribution in [0.3, 0.4) is 0 Å². The summed E-state index contributed by atoms with van der Waals surface area (Å²) in [4.78, 5) is 13.0. The summed E-state index contributed by atoms with van der Waals surface area (Å²) in [5.74, 6) is -2.23. The van der Waals surface area contributed by atoms with Crippen LogP contribution in [0.2, 0.25) is 25.7 Å². The van der Waals surface area contributed by atoms with Gasteiger partial charge in [-0.05, 0) is 57.2 Å². The average molecular weight is 624 g/mol. The molecule has 0 bridgehead atoms. The molecule has 4 rings (SSSR count). The Morgan fingerprint density at radius 2 is 1.74 bits per heavy atom. The molecule has 0 N–H and O–H groups in total. The quantitative estimate of drug-likeness (QED) is 0.126. The first-order valence-corrected chi connectivity index (χ1v) is 19.7. The van der Waals surface area contributed by atoms with E-state index < -0.39 is 52.0 Å². The summed E-state index contributed by atoms with van der Waals surface area (Å²) in [6, 6.07) is 11.6. The highest BCUT2D eigenvalue weighted by atomic mass is 32.2. The first-order valence-electron chi connectivity index (χ1n) is 14.5. The van der Waals surface area contributed by atoms with E-state index in [1.54, 1.807) is 31.2 Å². The molecule has 1 aliphatic carbocycles. The number of carbonyl (C=O) groups is 1. The summed E-state index contributed by atoms with van der Waals surface area (Å²) < 4.78 is 76.4. The van der Waals surface area contributed by atoms with Crippen molar-refractivity contribution in [3.8, 4) is 0 Å². The average Bonchev–Trinajstić information content (AvgIpc) is 2.90. The van der Waals surface area contributed by atoms with Crippen LogP contribution in [0, 0.1) is 11.6 Å². The summed E-state index contributed by atoms with van der Waals surface area (Å²) in [6.45, 7) is 10.6. The van der Waals surface area contributed by atoms with E-state index in [-0.39, 0.29) is 43.3 Å². The molecule has 233 valence electrons. The predicted octanol–water partition coefficient (Wildman–Crippen LogP) is 6.31. The Labute approximate surface area is 249 Å². The van der Waals surface area contributed by atoms with Crippen molar-refractivity contribution >= 4 is 24.1 Å². The Kier molecular flexibility index (Phi) is 9.69. The second-order valence-electron chi connectivity index (χ2n) is 13.2. The second-order valence-corrected chi connectivity index (χ2v) is 20.9. The number of hydrogen-bond acceptors (Lipinski definition) is 6. The molecule has 0 unspecified atom stereocenters. The number of nitrogens with zero attached hydrogens (tertiary/aromatic N) is 1. The number of hydrogen-bond donors (Lipinski definition) is 0. The fourth-order valence-electron chi connectivity index (χ4n) is 6.18. The van der Waals surface area contributed by atoms with E-state index in [1.807, 2.05) is 13.0 Å². The van der Waals surface area contributed by atoms with Crippen molar-refractivity contribution in [2.75, 3.05) is 20.5 Å². The van der Waals surface area contributed by atoms with Crippen LogP contribution < -0.4 is 0 Å². The van der Waals surface area contributed by atoms with Gasteiger partial charge in [0.1, 0.15) is 29.1 Å². The second kappa shape index (κ2) is 12.4. The van der Waals surface area contributed by atoms with Crippen molar-refractivity contribution in [1.82, 2.24) is 4.31 Å². The first kappa shape index (κ1) is 32.7. The minimum Gasteiger partial charge on any atom is -0.468 e. The Hall–Kier alpha value is -2.18. The molecule has 0 amide bonds. The highest BCUT2D eigenvalue weighted by Gasteiger charge is 2.60. The first-order chi connectivity index (χ1) is 19.6. The summed E-state index contributed by atoms with van der Waals surface area (Å²) >= 11 is 0. The number of carbonyl (C=O) groups excluding carboxylic acids is 1. The third-order valence-electron chi connectivity index (χ3n) is 8.59. The molecular formula is C31H43F2NO6SSi-. The molecule has 2 aromatic rings. The van der Waals surface area contributed by atoms with Crippen LogP contribution in [0.15, 0.2) is 42.5 Å². The Morgan fingerprint density at radius 3 is 2.36 bits per heavy atom. The molecule has 2 aliphatic rings. The van der Waals surface area contributed by atoms with Crippen LogP contribution in [0.25, 0.3) is 0 Å². The molecule has 42 heavy (non-hydrogen) atoms. The third-order valence-corrected chi connectivity index (χ3v) is 12.7. The molecule has 1 heterocycles. The normalized spacial score (nSPS) is 27.8. The zero-order valence-electron chi connectivity index (χ0n) is 25.4. The van der Waals surface area contributed by atoms with Gasteiger partial charge < -0.3 is 14.2 Å². The number of sulfonamides is 1. The zero-order chi connectivity index (χ0) is 30.9. The van der Waals surface area contributed by atoms with Gasteiger partial charge in [0.25, 0.3) is 0 Å². The van der Waals surface area contributed by atoms with Crippen molar-refractivity contribution < 1.29 is 36.2 Å². The summed E-state index contributed by atoms with van der Waals surface area (Å²) in [7, 11) is -3.87. The lowest BCUT2D eigenvalue weighted by Gasteiger charge is -2.52. The maximum absolute atomic E-state index is 15.7. The maximum atomic E-state index is 15.7. The zero-order valence-corrected chi connectivity index (χ0v) is 27.2. The molecule has 0 aromatic heterocycles. The topological polar surface area (TPSA) is 82.1 Å². The fraction of sp³-hybridized carbons (Fsp3) is 0.581. The van der Waals surface area contributed by atoms with E-state index in [4.69, 9.17) is 14.2 Å². The van der Waals surface area contributed by atoms with Crippen molar-refractivity contribution in [2.24, 2.45) is 0 Å². The van der Waals surface area contributed by atoms with Crippen LogP contribution >= 0.6 is 0 Å². The molecule has 2 fully saturated rings. The highest BCUT2D eigenvalue weighted by Crippen LogP contribution is 2.54. The largest absolute Gasteiger partial charge is 0.468 e. The van der Waals surface area contributed by atoms with Gasteiger partial charge in [-0.15, -0.1) is 14.1 Å². The number of methoxy groups -OCH3 is 1. The maximum Gasteiger partial charge on any atom is 0.316 e. The number of rotatable bonds is 11. The predicted molar refractivity (Wildman–Crippen MR) is 160 cm³/mol. The van der Waals surface area contributed by atoms with Crippen molar-refractivity contribution in [3.63, 3.8) is 0 Å². The van der Waals surface area contributed by atoms with E-state index in [2.05, 4.69) is 19.6 Å². The van der Waals surface area contributed by atoms with Crippen LogP contribution in [0.5, 0.6) is 0 Å². The number of halogens is 2. The molecule has 7 nitrogen and oxygen atoms in total. The molecule has 0 spiro atoms. The van der Waals surface area contributed by atoms with E-state index in [9.17, 15) is 13.2 Å². The van der Waals surface area contributed by atoms with Crippen molar-refractivity contribution in [1.29, 1.82) is 0 Å². The fourth-order valence-corrected chi connectivity index (χ4v) is 9.13. The van der Waals surface area contributed by atoms with Gasteiger partial charge in [-0.2, -0.15) is 23.9 Å². The lowest BCUT2D eigenvalue weighted by atomic mass is 9.56. The van der Waals surface area contributed by atoms with Gasteiger partial charge in [0.15, 0.2) is 0 Å². The van der Waals surface area contributed by atoms with Gasteiger partial charge in [0, 0.05) is 30.3 Å². The number of ether oxygens (including phenoxy) is 3. The van der Waals surface area contributed by atoms with E-state index in [0.29, 0.717) is 25.0 Å². The monoisotopic (exact) mass is 623 g/mol. The van der Waals surface area contributed by atoms with Crippen LogP contribution in [-0.4, -0.2) is 58.9 Å². The number of esters is 1. The van der Waals surface area contributed by atoms with Gasteiger partial charge in [0.05, 0.1) is 12.7 Å². The Balaban J connectivity index is 1.53. The lowest BCUT2D eigenvalue weighted by Crippen LogP contribution is -2.59. The van der Waals surface area contributed by atoms with Crippen molar-refractivity contribution in [2.45, 2.75) is 94.1 Å². The van der Waals surface area contributed by atoms with Gasteiger partial charge in [0.2, 0.25) is 10.0 Å². The summed E-state index contributed by atoms with van der Waals surface area (Å²) in [5.41, 5.74) is -1.73. The molecule has 2 atom stereocenters. The van der Waals surface area contributed by atoms with Crippen molar-refractivity contribution in [3.05, 3.63) is 70.8 Å². The van der Waals surface area contributed by atoms with E-state index in [0.717, 1.165) is 18.2 Å². The molecule has 11 heteroatoms. The lowest BCUT2D eigenvalue weighted by molar-refractivity contribution is -0.201. The van der Waals surface area contributed by atoms with Gasteiger partial charge in [-0.1, -0.05) is 30.3 Å². The Bertz CT molecular complexity index is 1380. The van der Waals surface area contributed by atoms with Gasteiger partial charge >= 0.3 is 5.97 Å². The molecule has 1 aliphatic heterocycles. The molecule has 0 radical (unpaired) electrons. The minimum atomic E-state index is -3.84. The summed E-state index contributed by atoms with van der Waals surface area (Å²) in [6.07, 6.45) is 1.23. The van der Waals surface area contributed by atoms with Gasteiger partial charge in [-0.25, -0.2) is 17.2 Å². The van der Waals surface area contributed by atoms with Crippen LogP contribution in [-0.2, 0) is 41.0 Å². The number of benzene rings is 2. The van der Waals surface area contributed by atoms with E-state index in [1.165, 1.54) is 11.4 Å². The van der Waals surface area contributed by atoms with Crippen LogP contribution in [0.1, 0.15) is 61.5 Å². The molecule has 1 saturated heterocycles. The molecular weight excluding hydrogens is 580 g/mol. The SMILES string of the molecule is COC(=O)C1(c2cc(F)c(CN3[C@@H](C)CC[C@H](c4ccccc4)S3(=O)=O)cc2F)CC(C)(OCOCC[Si-](C)(C)C)C1. The van der Waals surface area contributed by atoms with E-state index >= 15 is 8.78 Å². The summed E-state index contributed by atoms with van der Waals surface area (Å²) in [5, 5.41) is -0.753. The highest BCUT2D eigenvalue weighted by molar-refractivity contribution is 7.89. The van der Waals surface area contributed by atoms with Crippen LogP contribution in [0.4, 0.5) is 8.78 Å². The smallest absolute Gasteiger partial charge is 0.316 e. The third kappa shape index (κ3) is 6.80. The molecule has 2 aromatic carbocycles. The molecule has 1 saturated carbocycles.